The number of carbonyl (C=O) groups excluding carboxylic acids is 1. The smallest absolute Gasteiger partial charge is 0.411 e. The lowest BCUT2D eigenvalue weighted by atomic mass is 10.2. The zero-order valence-corrected chi connectivity index (χ0v) is 13.3. The number of anilines is 1. The lowest BCUT2D eigenvalue weighted by Gasteiger charge is -2.09. The van der Waals surface area contributed by atoms with Gasteiger partial charge in [-0.15, -0.1) is 11.3 Å². The van der Waals surface area contributed by atoms with Crippen molar-refractivity contribution in [3.05, 3.63) is 58.0 Å². The van der Waals surface area contributed by atoms with Crippen LogP contribution in [-0.4, -0.2) is 11.1 Å². The molecule has 0 saturated heterocycles. The van der Waals surface area contributed by atoms with Gasteiger partial charge >= 0.3 is 6.09 Å². The number of benzene rings is 2. The Morgan fingerprint density at radius 3 is 2.86 bits per heavy atom. The number of nitrogens with zero attached hydrogens (tertiary/aromatic N) is 1. The number of thiazole rings is 1. The van der Waals surface area contributed by atoms with Crippen LogP contribution in [0.3, 0.4) is 0 Å². The molecule has 0 unspecified atom stereocenters. The highest BCUT2D eigenvalue weighted by atomic mass is 79.9. The molecule has 0 spiro atoms. The number of hydrogen-bond acceptors (Lipinski definition) is 4. The van der Waals surface area contributed by atoms with Crippen molar-refractivity contribution >= 4 is 49.3 Å². The molecule has 3 aromatic rings. The number of hydrogen-bond donors (Lipinski definition) is 1. The van der Waals surface area contributed by atoms with Gasteiger partial charge in [-0.3, -0.25) is 5.32 Å². The van der Waals surface area contributed by atoms with Crippen molar-refractivity contribution in [2.75, 3.05) is 5.32 Å². The molecule has 0 fully saturated rings. The molecule has 2 aromatic carbocycles. The van der Waals surface area contributed by atoms with E-state index in [1.165, 1.54) is 0 Å². The van der Waals surface area contributed by atoms with E-state index in [1.54, 1.807) is 16.8 Å². The van der Waals surface area contributed by atoms with Crippen molar-refractivity contribution in [3.63, 3.8) is 0 Å². The van der Waals surface area contributed by atoms with E-state index < -0.39 is 6.09 Å². The van der Waals surface area contributed by atoms with Gasteiger partial charge in [0.25, 0.3) is 0 Å². The number of carbonyl (C=O) groups is 1. The van der Waals surface area contributed by atoms with Crippen molar-refractivity contribution in [2.45, 2.75) is 6.61 Å². The van der Waals surface area contributed by atoms with Gasteiger partial charge in [-0.2, -0.15) is 0 Å². The summed E-state index contributed by atoms with van der Waals surface area (Å²) in [4.78, 5) is 16.1. The summed E-state index contributed by atoms with van der Waals surface area (Å²) in [6, 6.07) is 13.3. The second-order valence-electron chi connectivity index (χ2n) is 4.31. The van der Waals surface area contributed by atoms with Crippen LogP contribution in [0.15, 0.2) is 52.4 Å². The largest absolute Gasteiger partial charge is 0.444 e. The fourth-order valence-corrected chi connectivity index (χ4v) is 3.23. The number of halogens is 1. The zero-order chi connectivity index (χ0) is 14.7. The van der Waals surface area contributed by atoms with E-state index in [1.807, 2.05) is 42.5 Å². The average molecular weight is 363 g/mol. The molecule has 21 heavy (non-hydrogen) atoms. The molecule has 1 N–H and O–H groups in total. The topological polar surface area (TPSA) is 51.2 Å². The van der Waals surface area contributed by atoms with E-state index in [0.717, 1.165) is 20.3 Å². The van der Waals surface area contributed by atoms with Crippen molar-refractivity contribution in [2.24, 2.45) is 0 Å². The minimum atomic E-state index is -0.492. The van der Waals surface area contributed by atoms with Gasteiger partial charge in [0.05, 0.1) is 25.9 Å². The first-order valence-corrected chi connectivity index (χ1v) is 7.91. The highest BCUT2D eigenvalue weighted by molar-refractivity contribution is 9.10. The highest BCUT2D eigenvalue weighted by Crippen LogP contribution is 2.32. The summed E-state index contributed by atoms with van der Waals surface area (Å²) >= 11 is 5.01. The van der Waals surface area contributed by atoms with Crippen LogP contribution in [0.1, 0.15) is 5.56 Å². The number of fused-ring (bicyclic) bond motifs is 1. The maximum atomic E-state index is 11.8. The number of ether oxygens (including phenoxy) is 1. The first kappa shape index (κ1) is 14.0. The summed E-state index contributed by atoms with van der Waals surface area (Å²) in [7, 11) is 0. The van der Waals surface area contributed by atoms with Crippen molar-refractivity contribution in [1.82, 2.24) is 4.98 Å². The quantitative estimate of drug-likeness (QED) is 0.727. The van der Waals surface area contributed by atoms with Crippen LogP contribution in [-0.2, 0) is 11.3 Å². The fourth-order valence-electron chi connectivity index (χ4n) is 1.86. The molecule has 1 heterocycles. The van der Waals surface area contributed by atoms with Gasteiger partial charge in [0, 0.05) is 0 Å². The van der Waals surface area contributed by atoms with E-state index in [4.69, 9.17) is 4.74 Å². The molecule has 106 valence electrons. The predicted molar refractivity (Wildman–Crippen MR) is 87.6 cm³/mol. The Bertz CT molecular complexity index is 774. The standard InChI is InChI=1S/C15H11BrN2O2S/c16-13-11(6-7-12-14(13)17-9-21-12)18-15(19)20-8-10-4-2-1-3-5-10/h1-7,9H,8H2,(H,18,19). The first-order valence-electron chi connectivity index (χ1n) is 6.23. The minimum absolute atomic E-state index is 0.239. The zero-order valence-electron chi connectivity index (χ0n) is 10.9. The Morgan fingerprint density at radius 2 is 2.05 bits per heavy atom. The van der Waals surface area contributed by atoms with Gasteiger partial charge < -0.3 is 4.74 Å². The van der Waals surface area contributed by atoms with Gasteiger partial charge in [-0.1, -0.05) is 30.3 Å². The average Bonchev–Trinajstić information content (AvgIpc) is 2.98. The molecule has 3 rings (SSSR count). The molecule has 0 saturated carbocycles. The fraction of sp³-hybridized carbons (Fsp3) is 0.0667. The third-order valence-electron chi connectivity index (χ3n) is 2.89. The monoisotopic (exact) mass is 362 g/mol. The lowest BCUT2D eigenvalue weighted by molar-refractivity contribution is 0.155. The minimum Gasteiger partial charge on any atom is -0.444 e. The maximum absolute atomic E-state index is 11.8. The van der Waals surface area contributed by atoms with Crippen LogP contribution in [0.4, 0.5) is 10.5 Å². The summed E-state index contributed by atoms with van der Waals surface area (Å²) < 4.78 is 7.01. The van der Waals surface area contributed by atoms with Gasteiger partial charge in [0.1, 0.15) is 6.61 Å². The lowest BCUT2D eigenvalue weighted by Crippen LogP contribution is -2.13. The summed E-state index contributed by atoms with van der Waals surface area (Å²) in [6.45, 7) is 0.239. The first-order chi connectivity index (χ1) is 10.2. The molecule has 1 amide bonds. The maximum Gasteiger partial charge on any atom is 0.411 e. The second-order valence-corrected chi connectivity index (χ2v) is 5.99. The van der Waals surface area contributed by atoms with Crippen LogP contribution < -0.4 is 5.32 Å². The van der Waals surface area contributed by atoms with Crippen LogP contribution in [0.2, 0.25) is 0 Å². The molecular weight excluding hydrogens is 352 g/mol. The molecule has 0 radical (unpaired) electrons. The van der Waals surface area contributed by atoms with Crippen molar-refractivity contribution in [3.8, 4) is 0 Å². The molecule has 0 atom stereocenters. The number of rotatable bonds is 3. The van der Waals surface area contributed by atoms with Gasteiger partial charge in [-0.05, 0) is 33.6 Å². The van der Waals surface area contributed by atoms with E-state index in [2.05, 4.69) is 26.2 Å². The Kier molecular flexibility index (Phi) is 4.17. The molecule has 0 bridgehead atoms. The molecule has 0 aliphatic carbocycles. The molecular formula is C15H11BrN2O2S. The predicted octanol–water partition coefficient (Wildman–Crippen LogP) is 4.81. The molecule has 6 heteroatoms. The Labute approximate surface area is 133 Å². The summed E-state index contributed by atoms with van der Waals surface area (Å²) in [5.74, 6) is 0. The van der Waals surface area contributed by atoms with Gasteiger partial charge in [0.2, 0.25) is 0 Å². The van der Waals surface area contributed by atoms with Gasteiger partial charge in [-0.25, -0.2) is 9.78 Å². The number of aromatic nitrogens is 1. The summed E-state index contributed by atoms with van der Waals surface area (Å²) in [5.41, 5.74) is 4.20. The SMILES string of the molecule is O=C(Nc1ccc2scnc2c1Br)OCc1ccccc1. The Hall–Kier alpha value is -1.92. The summed E-state index contributed by atoms with van der Waals surface area (Å²) in [5, 5.41) is 2.72. The third kappa shape index (κ3) is 3.22. The van der Waals surface area contributed by atoms with E-state index >= 15 is 0 Å². The van der Waals surface area contributed by atoms with E-state index in [9.17, 15) is 4.79 Å². The summed E-state index contributed by atoms with van der Waals surface area (Å²) in [6.07, 6.45) is -0.492. The number of amides is 1. The molecule has 0 aliphatic rings. The molecule has 4 nitrogen and oxygen atoms in total. The van der Waals surface area contributed by atoms with E-state index in [0.29, 0.717) is 5.69 Å². The van der Waals surface area contributed by atoms with Crippen LogP contribution in [0, 0.1) is 0 Å². The Morgan fingerprint density at radius 1 is 1.24 bits per heavy atom. The number of nitrogens with one attached hydrogen (secondary N) is 1. The van der Waals surface area contributed by atoms with Crippen LogP contribution in [0.5, 0.6) is 0 Å². The molecule has 0 aliphatic heterocycles. The van der Waals surface area contributed by atoms with Crippen molar-refractivity contribution < 1.29 is 9.53 Å². The van der Waals surface area contributed by atoms with E-state index in [-0.39, 0.29) is 6.61 Å². The van der Waals surface area contributed by atoms with Crippen LogP contribution in [0.25, 0.3) is 10.2 Å². The second kappa shape index (κ2) is 6.24. The van der Waals surface area contributed by atoms with Crippen LogP contribution >= 0.6 is 27.3 Å². The van der Waals surface area contributed by atoms with Gasteiger partial charge in [0.15, 0.2) is 0 Å². The molecule has 1 aromatic heterocycles. The third-order valence-corrected chi connectivity index (χ3v) is 4.49. The highest BCUT2D eigenvalue weighted by Gasteiger charge is 2.11. The Balaban J connectivity index is 1.67. The van der Waals surface area contributed by atoms with Crippen molar-refractivity contribution in [1.29, 1.82) is 0 Å². The normalized spacial score (nSPS) is 10.5.